The van der Waals surface area contributed by atoms with Crippen LogP contribution in [0.25, 0.3) is 0 Å². The van der Waals surface area contributed by atoms with E-state index in [0.29, 0.717) is 6.04 Å². The smallest absolute Gasteiger partial charge is 0.0670 e. The standard InChI is InChI=1S/C18H22N2/c1-3-20(16-10-8-14(2)9-11-16)18-13-19-12-15-6-4-5-7-17(15)18/h4-11,18-19H,3,12-13H2,1-2H3. The molecule has 1 atom stereocenters. The highest BCUT2D eigenvalue weighted by Gasteiger charge is 2.24. The molecule has 0 spiro atoms. The maximum atomic E-state index is 3.55. The van der Waals surface area contributed by atoms with Crippen LogP contribution in [0.2, 0.25) is 0 Å². The third-order valence-electron chi connectivity index (χ3n) is 4.15. The molecule has 0 saturated heterocycles. The Labute approximate surface area is 121 Å². The maximum absolute atomic E-state index is 3.55. The Hall–Kier alpha value is -1.80. The van der Waals surface area contributed by atoms with Crippen LogP contribution in [0.15, 0.2) is 48.5 Å². The molecule has 1 aliphatic rings. The average Bonchev–Trinajstić information content (AvgIpc) is 2.50. The van der Waals surface area contributed by atoms with Crippen molar-refractivity contribution in [1.82, 2.24) is 5.32 Å². The Kier molecular flexibility index (Phi) is 3.75. The molecule has 2 aromatic rings. The number of fused-ring (bicyclic) bond motifs is 1. The molecule has 2 heteroatoms. The summed E-state index contributed by atoms with van der Waals surface area (Å²) < 4.78 is 0. The molecule has 0 aromatic heterocycles. The average molecular weight is 266 g/mol. The summed E-state index contributed by atoms with van der Waals surface area (Å²) in [5.74, 6) is 0. The fourth-order valence-corrected chi connectivity index (χ4v) is 3.07. The van der Waals surface area contributed by atoms with Gasteiger partial charge < -0.3 is 10.2 Å². The van der Waals surface area contributed by atoms with Gasteiger partial charge in [-0.3, -0.25) is 0 Å². The van der Waals surface area contributed by atoms with Gasteiger partial charge in [0.25, 0.3) is 0 Å². The van der Waals surface area contributed by atoms with Gasteiger partial charge in [-0.15, -0.1) is 0 Å². The summed E-state index contributed by atoms with van der Waals surface area (Å²) in [6.07, 6.45) is 0. The number of aryl methyl sites for hydroxylation is 1. The lowest BCUT2D eigenvalue weighted by atomic mass is 9.95. The minimum absolute atomic E-state index is 0.424. The quantitative estimate of drug-likeness (QED) is 0.912. The first-order valence-corrected chi connectivity index (χ1v) is 7.41. The van der Waals surface area contributed by atoms with E-state index in [-0.39, 0.29) is 0 Å². The van der Waals surface area contributed by atoms with Gasteiger partial charge in [0.15, 0.2) is 0 Å². The molecule has 2 aromatic carbocycles. The highest BCUT2D eigenvalue weighted by atomic mass is 15.2. The molecule has 3 rings (SSSR count). The molecule has 0 bridgehead atoms. The SMILES string of the molecule is CCN(c1ccc(C)cc1)C1CNCc2ccccc21. The van der Waals surface area contributed by atoms with E-state index in [1.807, 2.05) is 0 Å². The number of hydrogen-bond acceptors (Lipinski definition) is 2. The minimum Gasteiger partial charge on any atom is -0.363 e. The van der Waals surface area contributed by atoms with Crippen LogP contribution in [0.1, 0.15) is 29.7 Å². The van der Waals surface area contributed by atoms with Gasteiger partial charge in [-0.05, 0) is 37.1 Å². The van der Waals surface area contributed by atoms with Crippen LogP contribution in [0, 0.1) is 6.92 Å². The largest absolute Gasteiger partial charge is 0.363 e. The predicted molar refractivity (Wildman–Crippen MR) is 85.1 cm³/mol. The Morgan fingerprint density at radius 1 is 1.10 bits per heavy atom. The van der Waals surface area contributed by atoms with Crippen LogP contribution >= 0.6 is 0 Å². The van der Waals surface area contributed by atoms with Gasteiger partial charge in [0.05, 0.1) is 6.04 Å². The van der Waals surface area contributed by atoms with Crippen molar-refractivity contribution in [2.24, 2.45) is 0 Å². The van der Waals surface area contributed by atoms with E-state index in [1.54, 1.807) is 0 Å². The molecular weight excluding hydrogens is 244 g/mol. The zero-order valence-corrected chi connectivity index (χ0v) is 12.3. The van der Waals surface area contributed by atoms with Crippen molar-refractivity contribution in [3.05, 3.63) is 65.2 Å². The van der Waals surface area contributed by atoms with E-state index in [4.69, 9.17) is 0 Å². The van der Waals surface area contributed by atoms with Crippen LogP contribution in [0.4, 0.5) is 5.69 Å². The van der Waals surface area contributed by atoms with E-state index in [0.717, 1.165) is 19.6 Å². The monoisotopic (exact) mass is 266 g/mol. The number of nitrogens with one attached hydrogen (secondary N) is 1. The highest BCUT2D eigenvalue weighted by Crippen LogP contribution is 2.31. The molecule has 0 fully saturated rings. The predicted octanol–water partition coefficient (Wildman–Crippen LogP) is 3.67. The third kappa shape index (κ3) is 2.44. The molecule has 0 radical (unpaired) electrons. The zero-order valence-electron chi connectivity index (χ0n) is 12.3. The van der Waals surface area contributed by atoms with Crippen molar-refractivity contribution in [3.8, 4) is 0 Å². The first-order chi connectivity index (χ1) is 9.79. The van der Waals surface area contributed by atoms with Crippen molar-refractivity contribution < 1.29 is 0 Å². The lowest BCUT2D eigenvalue weighted by molar-refractivity contribution is 0.520. The molecule has 0 aliphatic carbocycles. The summed E-state index contributed by atoms with van der Waals surface area (Å²) in [6.45, 7) is 7.38. The van der Waals surface area contributed by atoms with Gasteiger partial charge in [-0.2, -0.15) is 0 Å². The summed E-state index contributed by atoms with van der Waals surface area (Å²) in [4.78, 5) is 2.49. The van der Waals surface area contributed by atoms with Crippen molar-refractivity contribution >= 4 is 5.69 Å². The number of anilines is 1. The molecule has 1 heterocycles. The van der Waals surface area contributed by atoms with Crippen LogP contribution in [0.3, 0.4) is 0 Å². The highest BCUT2D eigenvalue weighted by molar-refractivity contribution is 5.51. The van der Waals surface area contributed by atoms with E-state index in [9.17, 15) is 0 Å². The van der Waals surface area contributed by atoms with Gasteiger partial charge in [0.2, 0.25) is 0 Å². The number of hydrogen-bond donors (Lipinski definition) is 1. The summed E-state index contributed by atoms with van der Waals surface area (Å²) in [5, 5.41) is 3.55. The second kappa shape index (κ2) is 5.68. The first kappa shape index (κ1) is 13.2. The van der Waals surface area contributed by atoms with Crippen LogP contribution in [0.5, 0.6) is 0 Å². The van der Waals surface area contributed by atoms with Gasteiger partial charge >= 0.3 is 0 Å². The maximum Gasteiger partial charge on any atom is 0.0670 e. The lowest BCUT2D eigenvalue weighted by Crippen LogP contribution is -2.39. The Bertz CT molecular complexity index is 574. The number of nitrogens with zero attached hydrogens (tertiary/aromatic N) is 1. The molecule has 20 heavy (non-hydrogen) atoms. The van der Waals surface area contributed by atoms with Gasteiger partial charge in [-0.1, -0.05) is 42.0 Å². The molecule has 0 saturated carbocycles. The molecule has 0 amide bonds. The van der Waals surface area contributed by atoms with Crippen LogP contribution in [-0.2, 0) is 6.54 Å². The summed E-state index contributed by atoms with van der Waals surface area (Å²) >= 11 is 0. The summed E-state index contributed by atoms with van der Waals surface area (Å²) in [6, 6.07) is 18.1. The van der Waals surface area contributed by atoms with E-state index < -0.39 is 0 Å². The number of likely N-dealkylation sites (N-methyl/N-ethyl adjacent to an activating group) is 1. The van der Waals surface area contributed by atoms with Gasteiger partial charge in [-0.25, -0.2) is 0 Å². The van der Waals surface area contributed by atoms with Crippen molar-refractivity contribution in [3.63, 3.8) is 0 Å². The molecule has 1 unspecified atom stereocenters. The normalized spacial score (nSPS) is 17.6. The summed E-state index contributed by atoms with van der Waals surface area (Å²) in [7, 11) is 0. The Morgan fingerprint density at radius 3 is 2.60 bits per heavy atom. The van der Waals surface area contributed by atoms with Crippen molar-refractivity contribution in [2.75, 3.05) is 18.0 Å². The molecule has 2 nitrogen and oxygen atoms in total. The Balaban J connectivity index is 1.96. The Morgan fingerprint density at radius 2 is 1.85 bits per heavy atom. The first-order valence-electron chi connectivity index (χ1n) is 7.41. The molecule has 104 valence electrons. The third-order valence-corrected chi connectivity index (χ3v) is 4.15. The molecule has 1 N–H and O–H groups in total. The van der Waals surface area contributed by atoms with Crippen molar-refractivity contribution in [2.45, 2.75) is 26.4 Å². The zero-order chi connectivity index (χ0) is 13.9. The summed E-state index contributed by atoms with van der Waals surface area (Å²) in [5.41, 5.74) is 5.51. The van der Waals surface area contributed by atoms with E-state index >= 15 is 0 Å². The topological polar surface area (TPSA) is 15.3 Å². The number of benzene rings is 2. The number of rotatable bonds is 3. The van der Waals surface area contributed by atoms with Crippen LogP contribution in [-0.4, -0.2) is 13.1 Å². The molecule has 1 aliphatic heterocycles. The fraction of sp³-hybridized carbons (Fsp3) is 0.333. The second-order valence-corrected chi connectivity index (χ2v) is 5.47. The van der Waals surface area contributed by atoms with Crippen molar-refractivity contribution in [1.29, 1.82) is 0 Å². The van der Waals surface area contributed by atoms with Crippen LogP contribution < -0.4 is 10.2 Å². The van der Waals surface area contributed by atoms with E-state index in [2.05, 4.69) is 72.6 Å². The fourth-order valence-electron chi connectivity index (χ4n) is 3.07. The molecular formula is C18H22N2. The van der Waals surface area contributed by atoms with E-state index in [1.165, 1.54) is 22.4 Å². The second-order valence-electron chi connectivity index (χ2n) is 5.47. The van der Waals surface area contributed by atoms with Gasteiger partial charge in [0.1, 0.15) is 0 Å². The minimum atomic E-state index is 0.424. The lowest BCUT2D eigenvalue weighted by Gasteiger charge is -2.37. The van der Waals surface area contributed by atoms with Gasteiger partial charge in [0, 0.05) is 25.3 Å².